The van der Waals surface area contributed by atoms with Crippen LogP contribution in [0.15, 0.2) is 66.4 Å². The molecular weight excluding hydrogens is 252 g/mol. The van der Waals surface area contributed by atoms with E-state index in [4.69, 9.17) is 5.73 Å². The molecule has 2 amide bonds. The number of primary amides is 1. The standard InChI is InChI=1S/C16H14N2O2/c17-15(19)14(11-12-7-3-1-4-8-12)18-16(20)13-9-5-2-6-10-13/h1-11H,(H2,17,19)(H,18,20)/b14-11-. The first kappa shape index (κ1) is 13.5. The van der Waals surface area contributed by atoms with Crippen LogP contribution in [-0.2, 0) is 4.79 Å². The number of hydrogen-bond donors (Lipinski definition) is 2. The predicted molar refractivity (Wildman–Crippen MR) is 77.5 cm³/mol. The molecule has 0 saturated carbocycles. The number of amides is 2. The van der Waals surface area contributed by atoms with Crippen LogP contribution in [0.1, 0.15) is 15.9 Å². The van der Waals surface area contributed by atoms with E-state index in [2.05, 4.69) is 5.32 Å². The number of nitrogens with two attached hydrogens (primary N) is 1. The van der Waals surface area contributed by atoms with E-state index in [1.54, 1.807) is 30.3 Å². The zero-order valence-electron chi connectivity index (χ0n) is 10.7. The zero-order chi connectivity index (χ0) is 14.4. The highest BCUT2D eigenvalue weighted by molar-refractivity contribution is 6.04. The van der Waals surface area contributed by atoms with Gasteiger partial charge in [-0.3, -0.25) is 9.59 Å². The van der Waals surface area contributed by atoms with Gasteiger partial charge in [-0.05, 0) is 23.8 Å². The zero-order valence-corrected chi connectivity index (χ0v) is 10.7. The van der Waals surface area contributed by atoms with Crippen molar-refractivity contribution in [3.63, 3.8) is 0 Å². The summed E-state index contributed by atoms with van der Waals surface area (Å²) in [5.41, 5.74) is 6.60. The molecule has 0 heterocycles. The summed E-state index contributed by atoms with van der Waals surface area (Å²) in [4.78, 5) is 23.4. The van der Waals surface area contributed by atoms with Gasteiger partial charge in [-0.2, -0.15) is 0 Å². The molecule has 2 rings (SSSR count). The second-order valence-corrected chi connectivity index (χ2v) is 4.15. The van der Waals surface area contributed by atoms with Gasteiger partial charge < -0.3 is 11.1 Å². The molecule has 0 fully saturated rings. The van der Waals surface area contributed by atoms with Crippen LogP contribution in [0.25, 0.3) is 6.08 Å². The van der Waals surface area contributed by atoms with E-state index in [9.17, 15) is 9.59 Å². The SMILES string of the molecule is NC(=O)/C(=C/c1ccccc1)NC(=O)c1ccccc1. The fourth-order valence-corrected chi connectivity index (χ4v) is 1.67. The molecule has 0 aliphatic heterocycles. The third kappa shape index (κ3) is 3.55. The average molecular weight is 266 g/mol. The molecule has 20 heavy (non-hydrogen) atoms. The first-order valence-electron chi connectivity index (χ1n) is 6.10. The van der Waals surface area contributed by atoms with E-state index in [1.807, 2.05) is 36.4 Å². The van der Waals surface area contributed by atoms with Crippen molar-refractivity contribution in [2.45, 2.75) is 0 Å². The van der Waals surface area contributed by atoms with Gasteiger partial charge in [0.05, 0.1) is 0 Å². The maximum Gasteiger partial charge on any atom is 0.265 e. The Hall–Kier alpha value is -2.88. The van der Waals surface area contributed by atoms with Crippen LogP contribution in [-0.4, -0.2) is 11.8 Å². The van der Waals surface area contributed by atoms with Crippen molar-refractivity contribution in [1.29, 1.82) is 0 Å². The van der Waals surface area contributed by atoms with Gasteiger partial charge in [0, 0.05) is 5.56 Å². The molecule has 2 aromatic rings. The minimum atomic E-state index is -0.682. The molecule has 4 nitrogen and oxygen atoms in total. The second kappa shape index (κ2) is 6.33. The second-order valence-electron chi connectivity index (χ2n) is 4.15. The summed E-state index contributed by atoms with van der Waals surface area (Å²) in [7, 11) is 0. The summed E-state index contributed by atoms with van der Waals surface area (Å²) in [6.07, 6.45) is 1.54. The summed E-state index contributed by atoms with van der Waals surface area (Å²) >= 11 is 0. The van der Waals surface area contributed by atoms with Crippen LogP contribution in [0.3, 0.4) is 0 Å². The molecule has 100 valence electrons. The van der Waals surface area contributed by atoms with Crippen molar-refractivity contribution in [1.82, 2.24) is 5.32 Å². The van der Waals surface area contributed by atoms with E-state index in [1.165, 1.54) is 0 Å². The van der Waals surface area contributed by atoms with Gasteiger partial charge in [0.1, 0.15) is 5.70 Å². The third-order valence-corrected chi connectivity index (χ3v) is 2.66. The van der Waals surface area contributed by atoms with Crippen LogP contribution in [0.5, 0.6) is 0 Å². The average Bonchev–Trinajstić information content (AvgIpc) is 2.48. The van der Waals surface area contributed by atoms with Crippen LogP contribution in [0.2, 0.25) is 0 Å². The summed E-state index contributed by atoms with van der Waals surface area (Å²) in [5.74, 6) is -1.05. The van der Waals surface area contributed by atoms with Gasteiger partial charge in [0.25, 0.3) is 11.8 Å². The Morgan fingerprint density at radius 2 is 1.45 bits per heavy atom. The van der Waals surface area contributed by atoms with E-state index in [-0.39, 0.29) is 11.6 Å². The van der Waals surface area contributed by atoms with Gasteiger partial charge >= 0.3 is 0 Å². The number of benzene rings is 2. The van der Waals surface area contributed by atoms with Crippen molar-refractivity contribution in [2.24, 2.45) is 5.73 Å². The van der Waals surface area contributed by atoms with Crippen LogP contribution in [0, 0.1) is 0 Å². The van der Waals surface area contributed by atoms with Crippen LogP contribution >= 0.6 is 0 Å². The molecule has 0 aromatic heterocycles. The van der Waals surface area contributed by atoms with Gasteiger partial charge in [0.15, 0.2) is 0 Å². The Labute approximate surface area is 116 Å². The molecule has 0 aliphatic carbocycles. The van der Waals surface area contributed by atoms with Gasteiger partial charge in [-0.25, -0.2) is 0 Å². The number of carbonyl (C=O) groups is 2. The highest BCUT2D eigenvalue weighted by atomic mass is 16.2. The van der Waals surface area contributed by atoms with Crippen molar-refractivity contribution in [3.05, 3.63) is 77.5 Å². The van der Waals surface area contributed by atoms with Crippen LogP contribution < -0.4 is 11.1 Å². The van der Waals surface area contributed by atoms with Crippen molar-refractivity contribution in [3.8, 4) is 0 Å². The number of carbonyl (C=O) groups excluding carboxylic acids is 2. The number of hydrogen-bond acceptors (Lipinski definition) is 2. The fourth-order valence-electron chi connectivity index (χ4n) is 1.67. The molecule has 0 spiro atoms. The largest absolute Gasteiger partial charge is 0.364 e. The maximum atomic E-state index is 12.0. The first-order chi connectivity index (χ1) is 9.66. The van der Waals surface area contributed by atoms with Crippen molar-refractivity contribution in [2.75, 3.05) is 0 Å². The molecule has 0 radical (unpaired) electrons. The highest BCUT2D eigenvalue weighted by Crippen LogP contribution is 2.06. The molecule has 4 heteroatoms. The Morgan fingerprint density at radius 1 is 0.900 bits per heavy atom. The maximum absolute atomic E-state index is 12.0. The Morgan fingerprint density at radius 3 is 2.00 bits per heavy atom. The Balaban J connectivity index is 2.21. The molecular formula is C16H14N2O2. The summed E-state index contributed by atoms with van der Waals surface area (Å²) in [6.45, 7) is 0. The molecule has 0 unspecified atom stereocenters. The monoisotopic (exact) mass is 266 g/mol. The topological polar surface area (TPSA) is 72.2 Å². The molecule has 0 atom stereocenters. The van der Waals surface area contributed by atoms with E-state index in [0.717, 1.165) is 5.56 Å². The molecule has 0 aliphatic rings. The fraction of sp³-hybridized carbons (Fsp3) is 0. The Kier molecular flexibility index (Phi) is 4.29. The number of rotatable bonds is 4. The predicted octanol–water partition coefficient (Wildman–Crippen LogP) is 1.94. The minimum absolute atomic E-state index is 0.0602. The van der Waals surface area contributed by atoms with E-state index < -0.39 is 5.91 Å². The van der Waals surface area contributed by atoms with Gasteiger partial charge in [-0.1, -0.05) is 48.5 Å². The lowest BCUT2D eigenvalue weighted by Crippen LogP contribution is -2.31. The molecule has 0 saturated heterocycles. The van der Waals surface area contributed by atoms with E-state index in [0.29, 0.717) is 5.56 Å². The smallest absolute Gasteiger partial charge is 0.265 e. The van der Waals surface area contributed by atoms with Gasteiger partial charge in [0.2, 0.25) is 0 Å². The first-order valence-corrected chi connectivity index (χ1v) is 6.10. The summed E-state index contributed by atoms with van der Waals surface area (Å²) in [6, 6.07) is 17.8. The Bertz CT molecular complexity index is 634. The van der Waals surface area contributed by atoms with Gasteiger partial charge in [-0.15, -0.1) is 0 Å². The lowest BCUT2D eigenvalue weighted by Gasteiger charge is -2.07. The minimum Gasteiger partial charge on any atom is -0.364 e. The number of nitrogens with one attached hydrogen (secondary N) is 1. The van der Waals surface area contributed by atoms with E-state index >= 15 is 0 Å². The summed E-state index contributed by atoms with van der Waals surface area (Å²) < 4.78 is 0. The van der Waals surface area contributed by atoms with Crippen molar-refractivity contribution >= 4 is 17.9 Å². The lowest BCUT2D eigenvalue weighted by molar-refractivity contribution is -0.114. The molecule has 3 N–H and O–H groups in total. The van der Waals surface area contributed by atoms with Crippen molar-refractivity contribution < 1.29 is 9.59 Å². The van der Waals surface area contributed by atoms with Crippen LogP contribution in [0.4, 0.5) is 0 Å². The third-order valence-electron chi connectivity index (χ3n) is 2.66. The molecule has 2 aromatic carbocycles. The molecule has 0 bridgehead atoms. The summed E-state index contributed by atoms with van der Waals surface area (Å²) in [5, 5.41) is 2.53. The normalized spacial score (nSPS) is 10.9. The lowest BCUT2D eigenvalue weighted by atomic mass is 10.1. The highest BCUT2D eigenvalue weighted by Gasteiger charge is 2.11. The quantitative estimate of drug-likeness (QED) is 0.830.